The summed E-state index contributed by atoms with van der Waals surface area (Å²) in [5.74, 6) is -4.78. The van der Waals surface area contributed by atoms with Crippen molar-refractivity contribution in [1.82, 2.24) is 20.9 Å². The summed E-state index contributed by atoms with van der Waals surface area (Å²) in [5.41, 5.74) is 16.8. The lowest BCUT2D eigenvalue weighted by atomic mass is 9.96. The number of carbonyl (C=O) groups is 6. The van der Waals surface area contributed by atoms with E-state index >= 15 is 0 Å². The molecule has 0 saturated carbocycles. The maximum atomic E-state index is 13.4. The highest BCUT2D eigenvalue weighted by Crippen LogP contribution is 2.20. The van der Waals surface area contributed by atoms with E-state index in [1.54, 1.807) is 13.8 Å². The Morgan fingerprint density at radius 3 is 2.17 bits per heavy atom. The van der Waals surface area contributed by atoms with Crippen molar-refractivity contribution >= 4 is 35.5 Å². The van der Waals surface area contributed by atoms with Crippen LogP contribution in [0.25, 0.3) is 0 Å². The van der Waals surface area contributed by atoms with Crippen molar-refractivity contribution in [3.8, 4) is 0 Å². The molecule has 0 aromatic carbocycles. The highest BCUT2D eigenvalue weighted by Gasteiger charge is 2.38. The van der Waals surface area contributed by atoms with Gasteiger partial charge in [-0.25, -0.2) is 4.79 Å². The Balaban J connectivity index is 3.09. The zero-order valence-electron chi connectivity index (χ0n) is 24.7. The van der Waals surface area contributed by atoms with Crippen LogP contribution >= 0.6 is 0 Å². The van der Waals surface area contributed by atoms with Crippen molar-refractivity contribution in [2.24, 2.45) is 29.0 Å². The zero-order chi connectivity index (χ0) is 31.3. The number of rotatable bonds is 18. The van der Waals surface area contributed by atoms with Gasteiger partial charge in [0.05, 0.1) is 12.5 Å². The molecule has 1 fully saturated rings. The fourth-order valence-corrected chi connectivity index (χ4v) is 4.77. The number of carboxylic acid groups (broad SMARTS) is 1. The molecule has 14 heteroatoms. The van der Waals surface area contributed by atoms with Gasteiger partial charge >= 0.3 is 5.97 Å². The molecule has 5 amide bonds. The average Bonchev–Trinajstić information content (AvgIpc) is 3.39. The largest absolute Gasteiger partial charge is 0.480 e. The number of primary amides is 1. The maximum absolute atomic E-state index is 13.4. The minimum Gasteiger partial charge on any atom is -0.480 e. The Kier molecular flexibility index (Phi) is 15.3. The van der Waals surface area contributed by atoms with Crippen LogP contribution in [0, 0.1) is 11.8 Å². The summed E-state index contributed by atoms with van der Waals surface area (Å²) in [7, 11) is 0. The Labute approximate surface area is 241 Å². The number of amides is 5. The van der Waals surface area contributed by atoms with E-state index in [1.165, 1.54) is 4.90 Å². The van der Waals surface area contributed by atoms with Crippen LogP contribution in [0.15, 0.2) is 0 Å². The predicted octanol–water partition coefficient (Wildman–Crippen LogP) is -1.06. The van der Waals surface area contributed by atoms with E-state index in [1.807, 2.05) is 13.8 Å². The van der Waals surface area contributed by atoms with Gasteiger partial charge in [0, 0.05) is 6.54 Å². The number of nitrogens with zero attached hydrogens (tertiary/aromatic N) is 1. The van der Waals surface area contributed by atoms with Crippen molar-refractivity contribution in [2.45, 2.75) is 109 Å². The molecule has 234 valence electrons. The van der Waals surface area contributed by atoms with Crippen molar-refractivity contribution in [3.05, 3.63) is 0 Å². The van der Waals surface area contributed by atoms with Crippen molar-refractivity contribution < 1.29 is 33.9 Å². The van der Waals surface area contributed by atoms with Gasteiger partial charge in [0.1, 0.15) is 24.2 Å². The SMILES string of the molecule is CC[C@H](C)[C@H](NC(=O)[C@H](CCCCN)NC(=O)[C@@H]1CCCN1C(=O)[C@@H](N)CC(C)C)C(=O)N[C@@H](CC(N)=O)C(=O)O. The van der Waals surface area contributed by atoms with Gasteiger partial charge in [0.2, 0.25) is 29.5 Å². The summed E-state index contributed by atoms with van der Waals surface area (Å²) in [6.45, 7) is 8.19. The van der Waals surface area contributed by atoms with Crippen LogP contribution in [-0.2, 0) is 28.8 Å². The minimum absolute atomic E-state index is 0.205. The van der Waals surface area contributed by atoms with Gasteiger partial charge in [-0.15, -0.1) is 0 Å². The Morgan fingerprint density at radius 1 is 0.976 bits per heavy atom. The quantitative estimate of drug-likeness (QED) is 0.0971. The van der Waals surface area contributed by atoms with Gasteiger partial charge in [-0.05, 0) is 56.9 Å². The van der Waals surface area contributed by atoms with E-state index in [0.717, 1.165) is 0 Å². The Bertz CT molecular complexity index is 930. The molecule has 0 bridgehead atoms. The van der Waals surface area contributed by atoms with Gasteiger partial charge in [-0.2, -0.15) is 0 Å². The third kappa shape index (κ3) is 11.6. The van der Waals surface area contributed by atoms with E-state index in [0.29, 0.717) is 51.6 Å². The molecule has 41 heavy (non-hydrogen) atoms. The monoisotopic (exact) mass is 583 g/mol. The first-order valence-electron chi connectivity index (χ1n) is 14.4. The van der Waals surface area contributed by atoms with E-state index in [-0.39, 0.29) is 18.2 Å². The fourth-order valence-electron chi connectivity index (χ4n) is 4.77. The summed E-state index contributed by atoms with van der Waals surface area (Å²) in [5, 5.41) is 17.1. The molecule has 0 aromatic heterocycles. The van der Waals surface area contributed by atoms with Gasteiger partial charge in [0.15, 0.2) is 0 Å². The summed E-state index contributed by atoms with van der Waals surface area (Å²) in [4.78, 5) is 77.1. The smallest absolute Gasteiger partial charge is 0.326 e. The number of unbranched alkanes of at least 4 members (excludes halogenated alkanes) is 1. The second kappa shape index (κ2) is 17.5. The lowest BCUT2D eigenvalue weighted by Crippen LogP contribution is -2.59. The predicted molar refractivity (Wildman–Crippen MR) is 152 cm³/mol. The van der Waals surface area contributed by atoms with Crippen LogP contribution in [-0.4, -0.2) is 88.8 Å². The summed E-state index contributed by atoms with van der Waals surface area (Å²) >= 11 is 0. The average molecular weight is 584 g/mol. The summed E-state index contributed by atoms with van der Waals surface area (Å²) in [6.07, 6.45) is 2.72. The van der Waals surface area contributed by atoms with Crippen molar-refractivity contribution in [1.29, 1.82) is 0 Å². The molecule has 0 spiro atoms. The molecular formula is C27H49N7O7. The van der Waals surface area contributed by atoms with E-state index < -0.39 is 72.1 Å². The van der Waals surface area contributed by atoms with Crippen LogP contribution in [0.2, 0.25) is 0 Å². The number of carbonyl (C=O) groups excluding carboxylic acids is 5. The number of aliphatic carboxylic acids is 1. The Morgan fingerprint density at radius 2 is 1.63 bits per heavy atom. The standard InChI is InChI=1S/C27H49N7O7/c1-5-16(4)22(25(38)32-19(27(40)41)14-21(30)35)33-23(36)18(9-6-7-11-28)31-24(37)20-10-8-12-34(20)26(39)17(29)13-15(2)3/h15-20,22H,5-14,28-29H2,1-4H3,(H2,30,35)(H,31,37)(H,32,38)(H,33,36)(H,40,41)/t16-,17-,18-,19-,20-,22-/m0/s1. The molecule has 1 aliphatic rings. The molecule has 0 radical (unpaired) electrons. The van der Waals surface area contributed by atoms with Gasteiger partial charge in [0.25, 0.3) is 0 Å². The lowest BCUT2D eigenvalue weighted by Gasteiger charge is -2.30. The highest BCUT2D eigenvalue weighted by molar-refractivity contribution is 5.96. The molecule has 14 nitrogen and oxygen atoms in total. The molecule has 10 N–H and O–H groups in total. The van der Waals surface area contributed by atoms with Gasteiger partial charge < -0.3 is 43.2 Å². The lowest BCUT2D eigenvalue weighted by molar-refractivity contribution is -0.144. The zero-order valence-corrected chi connectivity index (χ0v) is 24.7. The third-order valence-electron chi connectivity index (χ3n) is 7.27. The molecule has 0 aliphatic carbocycles. The molecule has 1 rings (SSSR count). The molecule has 0 aromatic rings. The number of likely N-dealkylation sites (tertiary alicyclic amines) is 1. The van der Waals surface area contributed by atoms with E-state index in [2.05, 4.69) is 16.0 Å². The van der Waals surface area contributed by atoms with Crippen LogP contribution in [0.3, 0.4) is 0 Å². The maximum Gasteiger partial charge on any atom is 0.326 e. The normalized spacial score (nSPS) is 18.6. The number of carboxylic acids is 1. The molecular weight excluding hydrogens is 534 g/mol. The minimum atomic E-state index is -1.56. The number of nitrogens with one attached hydrogen (secondary N) is 3. The second-order valence-electron chi connectivity index (χ2n) is 11.2. The van der Waals surface area contributed by atoms with Gasteiger partial charge in [-0.3, -0.25) is 24.0 Å². The number of hydrogen-bond donors (Lipinski definition) is 7. The van der Waals surface area contributed by atoms with Crippen LogP contribution in [0.4, 0.5) is 0 Å². The summed E-state index contributed by atoms with van der Waals surface area (Å²) in [6, 6.07) is -5.24. The van der Waals surface area contributed by atoms with Crippen molar-refractivity contribution in [3.63, 3.8) is 0 Å². The molecule has 1 heterocycles. The number of hydrogen-bond acceptors (Lipinski definition) is 8. The van der Waals surface area contributed by atoms with E-state index in [9.17, 15) is 33.9 Å². The highest BCUT2D eigenvalue weighted by atomic mass is 16.4. The third-order valence-corrected chi connectivity index (χ3v) is 7.27. The fraction of sp³-hybridized carbons (Fsp3) is 0.778. The molecule has 0 unspecified atom stereocenters. The molecule has 1 aliphatic heterocycles. The van der Waals surface area contributed by atoms with Crippen LogP contribution in [0.5, 0.6) is 0 Å². The van der Waals surface area contributed by atoms with Crippen molar-refractivity contribution in [2.75, 3.05) is 13.1 Å². The molecule has 6 atom stereocenters. The van der Waals surface area contributed by atoms with Crippen LogP contribution in [0.1, 0.15) is 79.1 Å². The first kappa shape index (κ1) is 35.8. The first-order chi connectivity index (χ1) is 19.2. The number of nitrogens with two attached hydrogens (primary N) is 3. The topological polar surface area (TPSA) is 240 Å². The van der Waals surface area contributed by atoms with Crippen LogP contribution < -0.4 is 33.2 Å². The summed E-state index contributed by atoms with van der Waals surface area (Å²) < 4.78 is 0. The van der Waals surface area contributed by atoms with E-state index in [4.69, 9.17) is 17.2 Å². The first-order valence-corrected chi connectivity index (χ1v) is 14.4. The second-order valence-corrected chi connectivity index (χ2v) is 11.2. The van der Waals surface area contributed by atoms with Gasteiger partial charge in [-0.1, -0.05) is 34.1 Å². The molecule has 1 saturated heterocycles. The Hall–Kier alpha value is -3.26.